The van der Waals surface area contributed by atoms with Crippen molar-refractivity contribution in [1.29, 1.82) is 0 Å². The molecular weight excluding hydrogens is 408 g/mol. The zero-order valence-corrected chi connectivity index (χ0v) is 18.0. The van der Waals surface area contributed by atoms with Gasteiger partial charge in [0.05, 0.1) is 28.3 Å². The van der Waals surface area contributed by atoms with E-state index in [0.717, 1.165) is 4.88 Å². The molecule has 29 heavy (non-hydrogen) atoms. The second-order valence-electron chi connectivity index (χ2n) is 6.23. The van der Waals surface area contributed by atoms with E-state index < -0.39 is 10.0 Å². The summed E-state index contributed by atoms with van der Waals surface area (Å²) in [6, 6.07) is 16.9. The number of nitrogens with one attached hydrogen (secondary N) is 1. The number of carbonyl (C=O) groups is 1. The summed E-state index contributed by atoms with van der Waals surface area (Å²) in [4.78, 5) is 14.2. The molecule has 0 aliphatic rings. The highest BCUT2D eigenvalue weighted by atomic mass is 32.2. The standard InChI is InChI=1S/C21H22N2O4S2/c1-4-23(16-8-6-5-7-9-16)29(25,26)17-11-12-19(27-3)18(14-17)22-21(24)20-13-10-15(2)28-20/h5-14H,4H2,1-3H3,(H,22,24). The van der Waals surface area contributed by atoms with Gasteiger partial charge in [0.1, 0.15) is 5.75 Å². The number of nitrogens with zero attached hydrogens (tertiary/aromatic N) is 1. The van der Waals surface area contributed by atoms with Crippen LogP contribution >= 0.6 is 11.3 Å². The monoisotopic (exact) mass is 430 g/mol. The molecule has 1 aromatic heterocycles. The summed E-state index contributed by atoms with van der Waals surface area (Å²) in [7, 11) is -2.35. The maximum absolute atomic E-state index is 13.2. The summed E-state index contributed by atoms with van der Waals surface area (Å²) in [5.41, 5.74) is 0.874. The minimum absolute atomic E-state index is 0.0710. The molecule has 0 unspecified atom stereocenters. The zero-order valence-electron chi connectivity index (χ0n) is 16.4. The predicted octanol–water partition coefficient (Wildman–Crippen LogP) is 4.53. The molecule has 0 saturated carbocycles. The molecule has 6 nitrogen and oxygen atoms in total. The van der Waals surface area contributed by atoms with Crippen LogP contribution in [-0.4, -0.2) is 28.0 Å². The van der Waals surface area contributed by atoms with Crippen molar-refractivity contribution in [3.05, 3.63) is 70.4 Å². The van der Waals surface area contributed by atoms with E-state index >= 15 is 0 Å². The van der Waals surface area contributed by atoms with Crippen molar-refractivity contribution in [3.8, 4) is 5.75 Å². The van der Waals surface area contributed by atoms with E-state index in [1.165, 1.54) is 34.9 Å². The zero-order chi connectivity index (χ0) is 21.0. The van der Waals surface area contributed by atoms with Crippen molar-refractivity contribution in [2.75, 3.05) is 23.3 Å². The summed E-state index contributed by atoms with van der Waals surface area (Å²) in [5, 5.41) is 2.76. The third kappa shape index (κ3) is 4.44. The van der Waals surface area contributed by atoms with Crippen molar-refractivity contribution in [3.63, 3.8) is 0 Å². The van der Waals surface area contributed by atoms with Gasteiger partial charge in [0.2, 0.25) is 0 Å². The third-order valence-corrected chi connectivity index (χ3v) is 7.20. The molecular formula is C21H22N2O4S2. The molecule has 2 aromatic carbocycles. The fourth-order valence-electron chi connectivity index (χ4n) is 2.90. The Hall–Kier alpha value is -2.84. The average Bonchev–Trinajstić information content (AvgIpc) is 3.15. The molecule has 8 heteroatoms. The van der Waals surface area contributed by atoms with Crippen LogP contribution in [0.3, 0.4) is 0 Å². The fourth-order valence-corrected chi connectivity index (χ4v) is 5.16. The van der Waals surface area contributed by atoms with Crippen molar-refractivity contribution < 1.29 is 17.9 Å². The largest absolute Gasteiger partial charge is 0.495 e. The Morgan fingerprint density at radius 3 is 2.41 bits per heavy atom. The number of amides is 1. The van der Waals surface area contributed by atoms with Gasteiger partial charge in [-0.1, -0.05) is 18.2 Å². The quantitative estimate of drug-likeness (QED) is 0.597. The highest BCUT2D eigenvalue weighted by Crippen LogP contribution is 2.31. The van der Waals surface area contributed by atoms with E-state index in [0.29, 0.717) is 22.0 Å². The molecule has 1 heterocycles. The number of sulfonamides is 1. The fraction of sp³-hybridized carbons (Fsp3) is 0.190. The van der Waals surface area contributed by atoms with Gasteiger partial charge in [-0.05, 0) is 56.3 Å². The van der Waals surface area contributed by atoms with Crippen molar-refractivity contribution >= 4 is 38.6 Å². The highest BCUT2D eigenvalue weighted by Gasteiger charge is 2.25. The molecule has 0 atom stereocenters. The van der Waals surface area contributed by atoms with Crippen LogP contribution in [0.25, 0.3) is 0 Å². The molecule has 0 spiro atoms. The molecule has 3 aromatic rings. The summed E-state index contributed by atoms with van der Waals surface area (Å²) >= 11 is 1.36. The number of benzene rings is 2. The van der Waals surface area contributed by atoms with E-state index in [1.807, 2.05) is 19.1 Å². The van der Waals surface area contributed by atoms with Crippen LogP contribution in [0, 0.1) is 6.92 Å². The van der Waals surface area contributed by atoms with Crippen LogP contribution in [0.1, 0.15) is 21.5 Å². The van der Waals surface area contributed by atoms with Crippen LogP contribution in [0.2, 0.25) is 0 Å². The Kier molecular flexibility index (Phi) is 6.24. The topological polar surface area (TPSA) is 75.7 Å². The first kappa shape index (κ1) is 20.9. The summed E-state index contributed by atoms with van der Waals surface area (Å²) in [6.07, 6.45) is 0. The van der Waals surface area contributed by atoms with Crippen LogP contribution in [0.15, 0.2) is 65.6 Å². The number of carbonyl (C=O) groups excluding carboxylic acids is 1. The maximum Gasteiger partial charge on any atom is 0.265 e. The Bertz CT molecular complexity index is 1110. The van der Waals surface area contributed by atoms with Gasteiger partial charge in [0.15, 0.2) is 0 Å². The van der Waals surface area contributed by atoms with E-state index in [4.69, 9.17) is 4.74 Å². The van der Waals surface area contributed by atoms with Crippen LogP contribution in [-0.2, 0) is 10.0 Å². The number of rotatable bonds is 7. The van der Waals surface area contributed by atoms with Crippen molar-refractivity contribution in [2.24, 2.45) is 0 Å². The number of para-hydroxylation sites is 1. The SMILES string of the molecule is CCN(c1ccccc1)S(=O)(=O)c1ccc(OC)c(NC(=O)c2ccc(C)s2)c1. The van der Waals surface area contributed by atoms with Gasteiger partial charge in [-0.3, -0.25) is 9.10 Å². The number of methoxy groups -OCH3 is 1. The molecule has 3 rings (SSSR count). The van der Waals surface area contributed by atoms with Gasteiger partial charge in [-0.2, -0.15) is 0 Å². The van der Waals surface area contributed by atoms with E-state index in [9.17, 15) is 13.2 Å². The first-order valence-electron chi connectivity index (χ1n) is 9.00. The average molecular weight is 431 g/mol. The highest BCUT2D eigenvalue weighted by molar-refractivity contribution is 7.92. The molecule has 0 fully saturated rings. The maximum atomic E-state index is 13.2. The van der Waals surface area contributed by atoms with Crippen LogP contribution in [0.5, 0.6) is 5.75 Å². The van der Waals surface area contributed by atoms with E-state index in [2.05, 4.69) is 5.32 Å². The summed E-state index contributed by atoms with van der Waals surface area (Å²) in [6.45, 7) is 3.96. The van der Waals surface area contributed by atoms with Crippen molar-refractivity contribution in [2.45, 2.75) is 18.7 Å². The Balaban J connectivity index is 1.98. The molecule has 0 bridgehead atoms. The molecule has 0 aliphatic carbocycles. The van der Waals surface area contributed by atoms with Crippen LogP contribution in [0.4, 0.5) is 11.4 Å². The number of hydrogen-bond acceptors (Lipinski definition) is 5. The van der Waals surface area contributed by atoms with Gasteiger partial charge in [0, 0.05) is 11.4 Å². The Morgan fingerprint density at radius 1 is 1.10 bits per heavy atom. The predicted molar refractivity (Wildman–Crippen MR) is 117 cm³/mol. The lowest BCUT2D eigenvalue weighted by atomic mass is 10.3. The lowest BCUT2D eigenvalue weighted by Gasteiger charge is -2.23. The Labute approximate surface area is 174 Å². The van der Waals surface area contributed by atoms with E-state index in [1.54, 1.807) is 43.3 Å². The number of anilines is 2. The molecule has 1 amide bonds. The summed E-state index contributed by atoms with van der Waals surface area (Å²) in [5.74, 6) is 0.0692. The first-order valence-corrected chi connectivity index (χ1v) is 11.3. The minimum Gasteiger partial charge on any atom is -0.495 e. The Morgan fingerprint density at radius 2 is 1.83 bits per heavy atom. The second kappa shape index (κ2) is 8.67. The minimum atomic E-state index is -3.82. The number of thiophene rings is 1. The first-order chi connectivity index (χ1) is 13.9. The van der Waals surface area contributed by atoms with Gasteiger partial charge < -0.3 is 10.1 Å². The lowest BCUT2D eigenvalue weighted by Crippen LogP contribution is -2.30. The molecule has 1 N–H and O–H groups in total. The number of hydrogen-bond donors (Lipinski definition) is 1. The normalized spacial score (nSPS) is 11.1. The second-order valence-corrected chi connectivity index (χ2v) is 9.38. The van der Waals surface area contributed by atoms with Gasteiger partial charge in [0.25, 0.3) is 15.9 Å². The van der Waals surface area contributed by atoms with Gasteiger partial charge in [-0.25, -0.2) is 8.42 Å². The molecule has 0 aliphatic heterocycles. The van der Waals surface area contributed by atoms with E-state index in [-0.39, 0.29) is 17.3 Å². The van der Waals surface area contributed by atoms with Gasteiger partial charge >= 0.3 is 0 Å². The van der Waals surface area contributed by atoms with Crippen molar-refractivity contribution in [1.82, 2.24) is 0 Å². The third-order valence-electron chi connectivity index (χ3n) is 4.30. The molecule has 0 radical (unpaired) electrons. The lowest BCUT2D eigenvalue weighted by molar-refractivity contribution is 0.103. The van der Waals surface area contributed by atoms with Crippen LogP contribution < -0.4 is 14.4 Å². The smallest absolute Gasteiger partial charge is 0.265 e. The molecule has 0 saturated heterocycles. The number of ether oxygens (including phenoxy) is 1. The van der Waals surface area contributed by atoms with Gasteiger partial charge in [-0.15, -0.1) is 11.3 Å². The molecule has 152 valence electrons. The summed E-state index contributed by atoms with van der Waals surface area (Å²) < 4.78 is 33.1. The number of aryl methyl sites for hydroxylation is 1.